The highest BCUT2D eigenvalue weighted by Crippen LogP contribution is 2.18. The van der Waals surface area contributed by atoms with Crippen molar-refractivity contribution in [2.24, 2.45) is 0 Å². The van der Waals surface area contributed by atoms with Gasteiger partial charge in [-0.25, -0.2) is 8.91 Å². The minimum Gasteiger partial charge on any atom is -0.337 e. The Hall–Kier alpha value is -3.03. The average molecular weight is 341 g/mol. The van der Waals surface area contributed by atoms with E-state index in [-0.39, 0.29) is 22.9 Å². The molecule has 1 aromatic carbocycles. The molecule has 0 unspecified atom stereocenters. The molecule has 0 aliphatic carbocycles. The van der Waals surface area contributed by atoms with E-state index in [1.165, 1.54) is 16.6 Å². The van der Waals surface area contributed by atoms with Crippen LogP contribution in [-0.2, 0) is 0 Å². The molecule has 0 saturated carbocycles. The number of nitrogens with one attached hydrogen (secondary N) is 1. The Kier molecular flexibility index (Phi) is 3.79. The smallest absolute Gasteiger partial charge is 0.276 e. The first-order valence-electron chi connectivity index (χ1n) is 8.17. The fraction of sp³-hybridized carbons (Fsp3) is 0.294. The highest BCUT2D eigenvalue weighted by atomic mass is 19.1. The molecule has 1 aliphatic rings. The molecule has 0 spiro atoms. The maximum atomic E-state index is 13.1. The maximum absolute atomic E-state index is 13.1. The van der Waals surface area contributed by atoms with Crippen molar-refractivity contribution in [1.29, 1.82) is 0 Å². The molecule has 1 amide bonds. The number of aromatic nitrogens is 4. The summed E-state index contributed by atoms with van der Waals surface area (Å²) >= 11 is 0. The first kappa shape index (κ1) is 15.5. The highest BCUT2D eigenvalue weighted by Gasteiger charge is 2.25. The van der Waals surface area contributed by atoms with Crippen LogP contribution in [0.3, 0.4) is 0 Å². The van der Waals surface area contributed by atoms with Gasteiger partial charge in [0.1, 0.15) is 5.82 Å². The predicted octanol–water partition coefficient (Wildman–Crippen LogP) is 1.85. The van der Waals surface area contributed by atoms with Gasteiger partial charge in [0.05, 0.1) is 11.9 Å². The Labute approximate surface area is 142 Å². The van der Waals surface area contributed by atoms with E-state index in [0.29, 0.717) is 24.3 Å². The molecule has 25 heavy (non-hydrogen) atoms. The molecule has 4 rings (SSSR count). The molecule has 2 aromatic heterocycles. The summed E-state index contributed by atoms with van der Waals surface area (Å²) in [6.45, 7) is 1.34. The summed E-state index contributed by atoms with van der Waals surface area (Å²) < 4.78 is 14.4. The number of rotatable bonds is 2. The lowest BCUT2D eigenvalue weighted by atomic mass is 10.1. The molecule has 1 saturated heterocycles. The number of aromatic amines is 1. The number of nitrogens with zero attached hydrogens (tertiary/aromatic N) is 4. The Bertz CT molecular complexity index is 986. The van der Waals surface area contributed by atoms with Gasteiger partial charge < -0.3 is 9.88 Å². The maximum Gasteiger partial charge on any atom is 0.276 e. The first-order chi connectivity index (χ1) is 12.1. The van der Waals surface area contributed by atoms with Gasteiger partial charge in [-0.15, -0.1) is 5.10 Å². The lowest BCUT2D eigenvalue weighted by Gasteiger charge is -2.25. The summed E-state index contributed by atoms with van der Waals surface area (Å²) in [4.78, 5) is 29.6. The number of hydrogen-bond donors (Lipinski definition) is 1. The Morgan fingerprint density at radius 3 is 2.56 bits per heavy atom. The molecule has 0 bridgehead atoms. The molecule has 8 heteroatoms. The summed E-state index contributed by atoms with van der Waals surface area (Å²) in [6.07, 6.45) is 4.59. The van der Waals surface area contributed by atoms with Crippen LogP contribution in [0, 0.1) is 5.82 Å². The van der Waals surface area contributed by atoms with Gasteiger partial charge in [-0.2, -0.15) is 0 Å². The predicted molar refractivity (Wildman–Crippen MR) is 88.8 cm³/mol. The van der Waals surface area contributed by atoms with E-state index in [9.17, 15) is 14.0 Å². The molecule has 1 N–H and O–H groups in total. The summed E-state index contributed by atoms with van der Waals surface area (Å²) in [7, 11) is 0. The third-order valence-electron chi connectivity index (χ3n) is 4.41. The van der Waals surface area contributed by atoms with E-state index in [0.717, 1.165) is 19.3 Å². The van der Waals surface area contributed by atoms with Gasteiger partial charge in [0.25, 0.3) is 11.5 Å². The zero-order chi connectivity index (χ0) is 17.4. The third kappa shape index (κ3) is 2.79. The van der Waals surface area contributed by atoms with Crippen LogP contribution >= 0.6 is 0 Å². The van der Waals surface area contributed by atoms with Crippen LogP contribution in [0.4, 0.5) is 4.39 Å². The van der Waals surface area contributed by atoms with Gasteiger partial charge in [0.2, 0.25) is 0 Å². The van der Waals surface area contributed by atoms with Crippen molar-refractivity contribution >= 4 is 11.4 Å². The number of H-pyrrole nitrogens is 1. The molecule has 0 radical (unpaired) electrons. The lowest BCUT2D eigenvalue weighted by molar-refractivity contribution is 0.0720. The zero-order valence-electron chi connectivity index (χ0n) is 13.4. The third-order valence-corrected chi connectivity index (χ3v) is 4.41. The van der Waals surface area contributed by atoms with Gasteiger partial charge in [-0.1, -0.05) is 5.21 Å². The van der Waals surface area contributed by atoms with Crippen molar-refractivity contribution in [3.8, 4) is 11.3 Å². The molecule has 128 valence electrons. The highest BCUT2D eigenvalue weighted by molar-refractivity contribution is 5.98. The monoisotopic (exact) mass is 341 g/mol. The Morgan fingerprint density at radius 1 is 1.12 bits per heavy atom. The van der Waals surface area contributed by atoms with Gasteiger partial charge in [0.15, 0.2) is 11.2 Å². The van der Waals surface area contributed by atoms with Crippen LogP contribution in [0.25, 0.3) is 16.8 Å². The van der Waals surface area contributed by atoms with Gasteiger partial charge in [0, 0.05) is 13.1 Å². The van der Waals surface area contributed by atoms with Crippen molar-refractivity contribution in [2.45, 2.75) is 19.3 Å². The Morgan fingerprint density at radius 2 is 1.84 bits per heavy atom. The number of carbonyl (C=O) groups excluding carboxylic acids is 1. The molecule has 7 nitrogen and oxygen atoms in total. The molecule has 0 atom stereocenters. The fourth-order valence-corrected chi connectivity index (χ4v) is 3.10. The van der Waals surface area contributed by atoms with Crippen molar-refractivity contribution in [3.63, 3.8) is 0 Å². The summed E-state index contributed by atoms with van der Waals surface area (Å²) in [6, 6.07) is 5.74. The van der Waals surface area contributed by atoms with E-state index in [2.05, 4.69) is 15.3 Å². The molecule has 3 heterocycles. The second-order valence-electron chi connectivity index (χ2n) is 6.09. The van der Waals surface area contributed by atoms with E-state index in [1.54, 1.807) is 23.2 Å². The standard InChI is InChI=1S/C17H16FN5O2/c18-12-6-4-11(5-7-12)13-10-23-15(16(24)19-13)14(20-21-23)17(25)22-8-2-1-3-9-22/h4-7,10H,1-3,8-9H2,(H,19,24). The minimum absolute atomic E-state index is 0.0637. The molecular formula is C17H16FN5O2. The summed E-state index contributed by atoms with van der Waals surface area (Å²) in [5.41, 5.74) is 0.849. The van der Waals surface area contributed by atoms with E-state index in [4.69, 9.17) is 0 Å². The van der Waals surface area contributed by atoms with Gasteiger partial charge >= 0.3 is 0 Å². The summed E-state index contributed by atoms with van der Waals surface area (Å²) in [5, 5.41) is 7.85. The number of amides is 1. The van der Waals surface area contributed by atoms with Crippen LogP contribution in [0.1, 0.15) is 29.8 Å². The Balaban J connectivity index is 1.75. The largest absolute Gasteiger partial charge is 0.337 e. The van der Waals surface area contributed by atoms with Crippen molar-refractivity contribution < 1.29 is 9.18 Å². The number of hydrogen-bond acceptors (Lipinski definition) is 4. The van der Waals surface area contributed by atoms with Crippen molar-refractivity contribution in [3.05, 3.63) is 52.3 Å². The lowest BCUT2D eigenvalue weighted by Crippen LogP contribution is -2.36. The van der Waals surface area contributed by atoms with Gasteiger partial charge in [-0.05, 0) is 49.1 Å². The number of carbonyl (C=O) groups is 1. The first-order valence-corrected chi connectivity index (χ1v) is 8.17. The topological polar surface area (TPSA) is 83.4 Å². The second kappa shape index (κ2) is 6.12. The second-order valence-corrected chi connectivity index (χ2v) is 6.09. The number of likely N-dealkylation sites (tertiary alicyclic amines) is 1. The average Bonchev–Trinajstić information content (AvgIpc) is 3.07. The van der Waals surface area contributed by atoms with Crippen molar-refractivity contribution in [1.82, 2.24) is 24.7 Å². The van der Waals surface area contributed by atoms with E-state index < -0.39 is 5.56 Å². The van der Waals surface area contributed by atoms with Crippen LogP contribution in [-0.4, -0.2) is 43.7 Å². The van der Waals surface area contributed by atoms with Crippen molar-refractivity contribution in [2.75, 3.05) is 13.1 Å². The van der Waals surface area contributed by atoms with E-state index >= 15 is 0 Å². The summed E-state index contributed by atoms with van der Waals surface area (Å²) in [5.74, 6) is -0.628. The number of benzene rings is 1. The molecule has 1 fully saturated rings. The quantitative estimate of drug-likeness (QED) is 0.771. The van der Waals surface area contributed by atoms with Crippen LogP contribution < -0.4 is 5.56 Å². The van der Waals surface area contributed by atoms with Crippen LogP contribution in [0.2, 0.25) is 0 Å². The SMILES string of the molecule is O=C(c1nnn2cc(-c3ccc(F)cc3)[nH]c(=O)c12)N1CCCCC1. The molecule has 1 aliphatic heterocycles. The number of fused-ring (bicyclic) bond motifs is 1. The number of halogens is 1. The molecular weight excluding hydrogens is 325 g/mol. The van der Waals surface area contributed by atoms with E-state index in [1.807, 2.05) is 0 Å². The van der Waals surface area contributed by atoms with Crippen LogP contribution in [0.15, 0.2) is 35.3 Å². The van der Waals surface area contributed by atoms with Gasteiger partial charge in [-0.3, -0.25) is 9.59 Å². The zero-order valence-corrected chi connectivity index (χ0v) is 13.4. The van der Waals surface area contributed by atoms with Crippen LogP contribution in [0.5, 0.6) is 0 Å². The molecule has 3 aromatic rings. The minimum atomic E-state index is -0.452. The fourth-order valence-electron chi connectivity index (χ4n) is 3.10. The normalized spacial score (nSPS) is 14.8. The number of piperidine rings is 1.